The number of aliphatic hydroxyl groups excluding tert-OH is 2. The summed E-state index contributed by atoms with van der Waals surface area (Å²) < 4.78 is 0. The molecule has 1 aromatic rings. The molecule has 1 heterocycles. The molecule has 0 saturated carbocycles. The van der Waals surface area contributed by atoms with Gasteiger partial charge in [-0.15, -0.1) is 11.3 Å². The van der Waals surface area contributed by atoms with Gasteiger partial charge in [0.05, 0.1) is 6.10 Å². The Hall–Kier alpha value is -0.380. The molecule has 2 unspecified atom stereocenters. The van der Waals surface area contributed by atoms with E-state index < -0.39 is 12.2 Å². The molecule has 0 aliphatic heterocycles. The van der Waals surface area contributed by atoms with Crippen molar-refractivity contribution in [2.75, 3.05) is 0 Å². The van der Waals surface area contributed by atoms with E-state index in [1.165, 1.54) is 11.3 Å². The maximum absolute atomic E-state index is 9.43. The van der Waals surface area contributed by atoms with E-state index in [-0.39, 0.29) is 0 Å². The van der Waals surface area contributed by atoms with Gasteiger partial charge in [0.25, 0.3) is 0 Å². The lowest BCUT2D eigenvalue weighted by Gasteiger charge is -2.12. The summed E-state index contributed by atoms with van der Waals surface area (Å²) >= 11 is 1.48. The summed E-state index contributed by atoms with van der Waals surface area (Å²) in [6.45, 7) is 3.52. The van der Waals surface area contributed by atoms with Gasteiger partial charge in [-0.2, -0.15) is 0 Å². The maximum atomic E-state index is 9.43. The van der Waals surface area contributed by atoms with E-state index in [9.17, 15) is 5.11 Å². The molecule has 1 aromatic heterocycles. The van der Waals surface area contributed by atoms with Gasteiger partial charge in [-0.25, -0.2) is 0 Å². The number of rotatable bonds is 2. The van der Waals surface area contributed by atoms with E-state index in [4.69, 9.17) is 5.11 Å². The molecule has 0 radical (unpaired) electrons. The first-order valence-corrected chi connectivity index (χ1v) is 4.41. The SMILES string of the molecule is Cc1ccsc1C(O)C(C)O. The first kappa shape index (κ1) is 8.71. The van der Waals surface area contributed by atoms with Crippen molar-refractivity contribution in [3.8, 4) is 0 Å². The zero-order valence-electron chi connectivity index (χ0n) is 6.61. The monoisotopic (exact) mass is 172 g/mol. The van der Waals surface area contributed by atoms with Crippen LogP contribution >= 0.6 is 11.3 Å². The molecule has 0 spiro atoms. The Labute approximate surface area is 70.1 Å². The number of hydrogen-bond donors (Lipinski definition) is 2. The van der Waals surface area contributed by atoms with Crippen molar-refractivity contribution < 1.29 is 10.2 Å². The molecule has 0 saturated heterocycles. The largest absolute Gasteiger partial charge is 0.390 e. The molecular formula is C8H12O2S. The molecule has 2 atom stereocenters. The van der Waals surface area contributed by atoms with E-state index in [1.54, 1.807) is 6.92 Å². The Morgan fingerprint density at radius 2 is 2.09 bits per heavy atom. The van der Waals surface area contributed by atoms with Crippen LogP contribution in [0.5, 0.6) is 0 Å². The van der Waals surface area contributed by atoms with Crippen LogP contribution in [0.3, 0.4) is 0 Å². The van der Waals surface area contributed by atoms with Crippen LogP contribution in [0.25, 0.3) is 0 Å². The average Bonchev–Trinajstić information content (AvgIpc) is 2.33. The van der Waals surface area contributed by atoms with Crippen LogP contribution in [0.2, 0.25) is 0 Å². The van der Waals surface area contributed by atoms with Crippen molar-refractivity contribution in [2.24, 2.45) is 0 Å². The van der Waals surface area contributed by atoms with Gasteiger partial charge in [0.15, 0.2) is 0 Å². The summed E-state index contributed by atoms with van der Waals surface area (Å²) in [6, 6.07) is 1.94. The predicted octanol–water partition coefficient (Wildman–Crippen LogP) is 1.47. The summed E-state index contributed by atoms with van der Waals surface area (Å²) in [7, 11) is 0. The van der Waals surface area contributed by atoms with Gasteiger partial charge >= 0.3 is 0 Å². The van der Waals surface area contributed by atoms with Crippen molar-refractivity contribution in [3.63, 3.8) is 0 Å². The van der Waals surface area contributed by atoms with Gasteiger partial charge in [-0.1, -0.05) is 0 Å². The van der Waals surface area contributed by atoms with Crippen molar-refractivity contribution in [1.29, 1.82) is 0 Å². The van der Waals surface area contributed by atoms with Gasteiger partial charge in [0.1, 0.15) is 6.10 Å². The van der Waals surface area contributed by atoms with Crippen LogP contribution in [0.15, 0.2) is 11.4 Å². The van der Waals surface area contributed by atoms with E-state index in [1.807, 2.05) is 18.4 Å². The number of aliphatic hydroxyl groups is 2. The summed E-state index contributed by atoms with van der Waals surface area (Å²) in [6.07, 6.45) is -1.41. The highest BCUT2D eigenvalue weighted by Gasteiger charge is 2.16. The van der Waals surface area contributed by atoms with Crippen LogP contribution in [-0.4, -0.2) is 16.3 Å². The average molecular weight is 172 g/mol. The topological polar surface area (TPSA) is 40.5 Å². The third-order valence-electron chi connectivity index (χ3n) is 1.63. The zero-order valence-corrected chi connectivity index (χ0v) is 7.43. The van der Waals surface area contributed by atoms with Crippen molar-refractivity contribution in [2.45, 2.75) is 26.1 Å². The molecular weight excluding hydrogens is 160 g/mol. The molecule has 0 bridgehead atoms. The van der Waals surface area contributed by atoms with Crippen molar-refractivity contribution in [1.82, 2.24) is 0 Å². The Kier molecular flexibility index (Phi) is 2.65. The second-order valence-corrected chi connectivity index (χ2v) is 3.60. The first-order valence-electron chi connectivity index (χ1n) is 3.53. The summed E-state index contributed by atoms with van der Waals surface area (Å²) in [4.78, 5) is 0.861. The lowest BCUT2D eigenvalue weighted by molar-refractivity contribution is 0.0325. The van der Waals surface area contributed by atoms with Crippen molar-refractivity contribution in [3.05, 3.63) is 21.9 Å². The molecule has 0 fully saturated rings. The van der Waals surface area contributed by atoms with E-state index in [2.05, 4.69) is 0 Å². The fourth-order valence-electron chi connectivity index (χ4n) is 0.907. The van der Waals surface area contributed by atoms with Gasteiger partial charge < -0.3 is 10.2 Å². The van der Waals surface area contributed by atoms with Gasteiger partial charge in [0.2, 0.25) is 0 Å². The lowest BCUT2D eigenvalue weighted by atomic mass is 10.1. The van der Waals surface area contributed by atoms with Gasteiger partial charge in [-0.05, 0) is 30.9 Å². The summed E-state index contributed by atoms with van der Waals surface area (Å²) in [5.41, 5.74) is 1.04. The minimum atomic E-state index is -0.727. The Balaban J connectivity index is 2.84. The molecule has 0 aromatic carbocycles. The minimum Gasteiger partial charge on any atom is -0.390 e. The van der Waals surface area contributed by atoms with Crippen LogP contribution < -0.4 is 0 Å². The Morgan fingerprint density at radius 3 is 2.45 bits per heavy atom. The fraction of sp³-hybridized carbons (Fsp3) is 0.500. The smallest absolute Gasteiger partial charge is 0.114 e. The Bertz CT molecular complexity index is 230. The van der Waals surface area contributed by atoms with E-state index in [0.717, 1.165) is 10.4 Å². The first-order chi connectivity index (χ1) is 5.13. The normalized spacial score (nSPS) is 16.4. The van der Waals surface area contributed by atoms with E-state index >= 15 is 0 Å². The molecule has 1 rings (SSSR count). The second-order valence-electron chi connectivity index (χ2n) is 2.65. The van der Waals surface area contributed by atoms with Crippen molar-refractivity contribution >= 4 is 11.3 Å². The Morgan fingerprint density at radius 1 is 1.45 bits per heavy atom. The number of hydrogen-bond acceptors (Lipinski definition) is 3. The van der Waals surface area contributed by atoms with Crippen LogP contribution in [0.1, 0.15) is 23.5 Å². The fourth-order valence-corrected chi connectivity index (χ4v) is 1.92. The minimum absolute atomic E-state index is 0.688. The molecule has 0 aliphatic rings. The molecule has 0 amide bonds. The van der Waals surface area contributed by atoms with Gasteiger partial charge in [-0.3, -0.25) is 0 Å². The highest BCUT2D eigenvalue weighted by Crippen LogP contribution is 2.25. The third kappa shape index (κ3) is 1.80. The second kappa shape index (κ2) is 3.34. The molecule has 11 heavy (non-hydrogen) atoms. The van der Waals surface area contributed by atoms with Crippen LogP contribution in [0, 0.1) is 6.92 Å². The highest BCUT2D eigenvalue weighted by atomic mass is 32.1. The molecule has 0 aliphatic carbocycles. The lowest BCUT2D eigenvalue weighted by Crippen LogP contribution is -2.13. The maximum Gasteiger partial charge on any atom is 0.114 e. The molecule has 3 heteroatoms. The van der Waals surface area contributed by atoms with Crippen LogP contribution in [-0.2, 0) is 0 Å². The third-order valence-corrected chi connectivity index (χ3v) is 2.72. The molecule has 2 nitrogen and oxygen atoms in total. The standard InChI is InChI=1S/C8H12O2S/c1-5-3-4-11-8(5)7(10)6(2)9/h3-4,6-7,9-10H,1-2H3. The molecule has 62 valence electrons. The van der Waals surface area contributed by atoms with E-state index in [0.29, 0.717) is 0 Å². The summed E-state index contributed by atoms with van der Waals surface area (Å²) in [5.74, 6) is 0. The number of thiophene rings is 1. The van der Waals surface area contributed by atoms with Gasteiger partial charge in [0, 0.05) is 4.88 Å². The predicted molar refractivity (Wildman–Crippen MR) is 45.7 cm³/mol. The summed E-state index contributed by atoms with van der Waals surface area (Å²) in [5, 5.41) is 20.4. The highest BCUT2D eigenvalue weighted by molar-refractivity contribution is 7.10. The quantitative estimate of drug-likeness (QED) is 0.709. The molecule has 2 N–H and O–H groups in total. The van der Waals surface area contributed by atoms with Crippen LogP contribution in [0.4, 0.5) is 0 Å². The zero-order chi connectivity index (χ0) is 8.43. The number of aryl methyl sites for hydroxylation is 1.